The average Bonchev–Trinajstić information content (AvgIpc) is 3.15. The fraction of sp³-hybridized carbons (Fsp3) is 0.810. The second-order valence-corrected chi connectivity index (χ2v) is 7.08. The molecule has 144 valence electrons. The molecule has 0 bridgehead atoms. The van der Waals surface area contributed by atoms with Gasteiger partial charge in [-0.2, -0.15) is 0 Å². The molecule has 25 heavy (non-hydrogen) atoms. The van der Waals surface area contributed by atoms with E-state index in [1.54, 1.807) is 0 Å². The molecule has 0 heterocycles. The third-order valence-corrected chi connectivity index (χ3v) is 5.21. The molecule has 0 amide bonds. The fourth-order valence-corrected chi connectivity index (χ4v) is 3.77. The number of rotatable bonds is 12. The van der Waals surface area contributed by atoms with Crippen LogP contribution in [0.15, 0.2) is 11.1 Å². The Balaban J connectivity index is 2.64. The van der Waals surface area contributed by atoms with Crippen LogP contribution in [0.2, 0.25) is 0 Å². The first kappa shape index (κ1) is 21.7. The Morgan fingerprint density at radius 3 is 1.84 bits per heavy atom. The molecule has 1 aliphatic rings. The maximum Gasteiger partial charge on any atom is 0.334 e. The Bertz CT molecular complexity index is 433. The topological polar surface area (TPSA) is 52.6 Å². The summed E-state index contributed by atoms with van der Waals surface area (Å²) in [5.41, 5.74) is 1.13. The first-order valence-corrected chi connectivity index (χ1v) is 10.0. The molecule has 0 N–H and O–H groups in total. The predicted octanol–water partition coefficient (Wildman–Crippen LogP) is 5.35. The predicted molar refractivity (Wildman–Crippen MR) is 100 cm³/mol. The van der Waals surface area contributed by atoms with Crippen LogP contribution in [-0.4, -0.2) is 26.2 Å². The minimum Gasteiger partial charge on any atom is -0.466 e. The summed E-state index contributed by atoms with van der Waals surface area (Å²) in [6, 6.07) is 0. The minimum absolute atomic E-state index is 0.149. The van der Waals surface area contributed by atoms with Crippen molar-refractivity contribution in [1.29, 1.82) is 0 Å². The van der Waals surface area contributed by atoms with E-state index in [4.69, 9.17) is 9.47 Å². The Labute approximate surface area is 153 Å². The van der Waals surface area contributed by atoms with Gasteiger partial charge in [0.15, 0.2) is 0 Å². The van der Waals surface area contributed by atoms with Crippen molar-refractivity contribution in [3.05, 3.63) is 11.1 Å². The van der Waals surface area contributed by atoms with E-state index in [1.807, 2.05) is 0 Å². The summed E-state index contributed by atoms with van der Waals surface area (Å²) < 4.78 is 9.94. The van der Waals surface area contributed by atoms with Crippen molar-refractivity contribution >= 4 is 11.9 Å². The zero-order chi connectivity index (χ0) is 18.5. The summed E-state index contributed by atoms with van der Waals surface area (Å²) in [5, 5.41) is 0. The second kappa shape index (κ2) is 13.0. The molecule has 0 unspecified atom stereocenters. The third kappa shape index (κ3) is 7.62. The number of carbonyl (C=O) groups is 2. The van der Waals surface area contributed by atoms with E-state index in [0.717, 1.165) is 38.5 Å². The highest BCUT2D eigenvalue weighted by atomic mass is 16.5. The quantitative estimate of drug-likeness (QED) is 0.270. The molecule has 1 aliphatic carbocycles. The molecule has 0 aromatic heterocycles. The average molecular weight is 353 g/mol. The van der Waals surface area contributed by atoms with Crippen LogP contribution in [0.4, 0.5) is 0 Å². The lowest BCUT2D eigenvalue weighted by Crippen LogP contribution is -2.20. The summed E-state index contributed by atoms with van der Waals surface area (Å²) in [4.78, 5) is 24.6. The van der Waals surface area contributed by atoms with Gasteiger partial charge in [0.1, 0.15) is 0 Å². The molecule has 0 atom stereocenters. The molecule has 0 aliphatic heterocycles. The zero-order valence-electron chi connectivity index (χ0n) is 16.4. The van der Waals surface area contributed by atoms with Gasteiger partial charge in [-0.15, -0.1) is 0 Å². The van der Waals surface area contributed by atoms with Crippen molar-refractivity contribution < 1.29 is 19.1 Å². The summed E-state index contributed by atoms with van der Waals surface area (Å²) in [6.07, 6.45) is 14.4. The lowest BCUT2D eigenvalue weighted by molar-refractivity contribution is -0.140. The molecular formula is C21H36O4. The lowest BCUT2D eigenvalue weighted by Gasteiger charge is -2.17. The number of hydrogen-bond donors (Lipinski definition) is 0. The van der Waals surface area contributed by atoms with Crippen LogP contribution in [0.3, 0.4) is 0 Å². The van der Waals surface area contributed by atoms with Gasteiger partial charge in [0, 0.05) is 5.57 Å². The zero-order valence-corrected chi connectivity index (χ0v) is 16.4. The highest BCUT2D eigenvalue weighted by Gasteiger charge is 2.30. The van der Waals surface area contributed by atoms with Gasteiger partial charge in [-0.3, -0.25) is 0 Å². The van der Waals surface area contributed by atoms with Crippen molar-refractivity contribution in [2.24, 2.45) is 5.92 Å². The monoisotopic (exact) mass is 352 g/mol. The van der Waals surface area contributed by atoms with Crippen LogP contribution in [0.5, 0.6) is 0 Å². The maximum absolute atomic E-state index is 12.3. The van der Waals surface area contributed by atoms with E-state index in [-0.39, 0.29) is 17.9 Å². The Morgan fingerprint density at radius 2 is 1.32 bits per heavy atom. The number of hydrogen-bond acceptors (Lipinski definition) is 4. The molecule has 1 fully saturated rings. The van der Waals surface area contributed by atoms with E-state index in [2.05, 4.69) is 6.92 Å². The van der Waals surface area contributed by atoms with Crippen LogP contribution in [0.25, 0.3) is 0 Å². The van der Waals surface area contributed by atoms with Crippen molar-refractivity contribution in [3.63, 3.8) is 0 Å². The smallest absolute Gasteiger partial charge is 0.334 e. The Kier molecular flexibility index (Phi) is 11.3. The van der Waals surface area contributed by atoms with Crippen LogP contribution >= 0.6 is 0 Å². The van der Waals surface area contributed by atoms with Crippen LogP contribution in [-0.2, 0) is 19.1 Å². The molecule has 4 heteroatoms. The fourth-order valence-electron chi connectivity index (χ4n) is 3.77. The number of unbranched alkanes of at least 4 members (excludes halogenated alkanes) is 7. The maximum atomic E-state index is 12.3. The molecule has 0 spiro atoms. The molecule has 4 nitrogen and oxygen atoms in total. The standard InChI is InChI=1S/C21H36O4/c1-4-5-6-7-8-9-10-11-16-18(20(22)24-2)19(21(23)25-3)17-14-12-13-15-17/h17H,4-16H2,1-3H3. The third-order valence-electron chi connectivity index (χ3n) is 5.21. The molecule has 1 rings (SSSR count). The second-order valence-electron chi connectivity index (χ2n) is 7.08. The molecular weight excluding hydrogens is 316 g/mol. The van der Waals surface area contributed by atoms with Gasteiger partial charge < -0.3 is 9.47 Å². The molecule has 0 saturated heterocycles. The Hall–Kier alpha value is -1.32. The molecule has 0 aromatic carbocycles. The van der Waals surface area contributed by atoms with Gasteiger partial charge in [0.05, 0.1) is 19.8 Å². The van der Waals surface area contributed by atoms with Crippen molar-refractivity contribution in [2.75, 3.05) is 14.2 Å². The lowest BCUT2D eigenvalue weighted by atomic mass is 9.90. The minimum atomic E-state index is -0.366. The molecule has 0 radical (unpaired) electrons. The van der Waals surface area contributed by atoms with Gasteiger partial charge >= 0.3 is 11.9 Å². The van der Waals surface area contributed by atoms with Gasteiger partial charge in [-0.25, -0.2) is 9.59 Å². The largest absolute Gasteiger partial charge is 0.466 e. The van der Waals surface area contributed by atoms with Crippen LogP contribution < -0.4 is 0 Å². The van der Waals surface area contributed by atoms with E-state index in [9.17, 15) is 9.59 Å². The summed E-state index contributed by atoms with van der Waals surface area (Å²) >= 11 is 0. The van der Waals surface area contributed by atoms with E-state index < -0.39 is 0 Å². The first-order valence-electron chi connectivity index (χ1n) is 10.0. The summed E-state index contributed by atoms with van der Waals surface area (Å²) in [5.74, 6) is -0.572. The summed E-state index contributed by atoms with van der Waals surface area (Å²) in [6.45, 7) is 2.23. The van der Waals surface area contributed by atoms with Gasteiger partial charge in [0.25, 0.3) is 0 Å². The van der Waals surface area contributed by atoms with E-state index in [1.165, 1.54) is 52.7 Å². The molecule has 0 aromatic rings. The van der Waals surface area contributed by atoms with Crippen LogP contribution in [0.1, 0.15) is 90.4 Å². The number of carbonyl (C=O) groups excluding carboxylic acids is 2. The van der Waals surface area contributed by atoms with Crippen LogP contribution in [0, 0.1) is 5.92 Å². The van der Waals surface area contributed by atoms with Crippen molar-refractivity contribution in [2.45, 2.75) is 90.4 Å². The number of esters is 2. The first-order chi connectivity index (χ1) is 12.2. The highest BCUT2D eigenvalue weighted by molar-refractivity contribution is 6.00. The normalized spacial score (nSPS) is 15.8. The van der Waals surface area contributed by atoms with Gasteiger partial charge in [-0.1, -0.05) is 64.7 Å². The van der Waals surface area contributed by atoms with E-state index >= 15 is 0 Å². The Morgan fingerprint density at radius 1 is 0.800 bits per heavy atom. The number of ether oxygens (including phenoxy) is 2. The van der Waals surface area contributed by atoms with E-state index in [0.29, 0.717) is 17.6 Å². The van der Waals surface area contributed by atoms with Crippen molar-refractivity contribution in [3.8, 4) is 0 Å². The SMILES string of the molecule is CCCCCCCCCCC(C(=O)OC)=C(C(=O)OC)C1CCCC1. The van der Waals surface area contributed by atoms with Gasteiger partial charge in [0.2, 0.25) is 0 Å². The van der Waals surface area contributed by atoms with Gasteiger partial charge in [-0.05, 0) is 31.6 Å². The number of methoxy groups -OCH3 is 2. The summed E-state index contributed by atoms with van der Waals surface area (Å²) in [7, 11) is 2.78. The highest BCUT2D eigenvalue weighted by Crippen LogP contribution is 2.35. The molecule has 1 saturated carbocycles. The van der Waals surface area contributed by atoms with Crippen molar-refractivity contribution in [1.82, 2.24) is 0 Å².